The fourth-order valence-electron chi connectivity index (χ4n) is 4.24. The second kappa shape index (κ2) is 8.71. The van der Waals surface area contributed by atoms with Crippen LogP contribution in [0, 0.1) is 13.8 Å². The summed E-state index contributed by atoms with van der Waals surface area (Å²) in [5, 5.41) is 6.79. The van der Waals surface area contributed by atoms with Gasteiger partial charge in [-0.25, -0.2) is 5.10 Å². The zero-order chi connectivity index (χ0) is 21.1. The molecule has 8 heteroatoms. The van der Waals surface area contributed by atoms with E-state index in [0.29, 0.717) is 19.1 Å². The third kappa shape index (κ3) is 3.95. The van der Waals surface area contributed by atoms with Crippen molar-refractivity contribution in [3.8, 4) is 11.7 Å². The molecule has 0 unspecified atom stereocenters. The maximum Gasteiger partial charge on any atom is 0.229 e. The van der Waals surface area contributed by atoms with E-state index in [2.05, 4.69) is 26.1 Å². The summed E-state index contributed by atoms with van der Waals surface area (Å²) in [6.45, 7) is 10.8. The third-order valence-electron chi connectivity index (χ3n) is 5.73. The lowest BCUT2D eigenvalue weighted by Crippen LogP contribution is -3.15. The molecule has 0 radical (unpaired) electrons. The molecule has 1 aromatic carbocycles. The van der Waals surface area contributed by atoms with Crippen molar-refractivity contribution in [2.45, 2.75) is 20.8 Å². The topological polar surface area (TPSA) is 80.5 Å². The van der Waals surface area contributed by atoms with Gasteiger partial charge in [0.25, 0.3) is 0 Å². The predicted molar refractivity (Wildman–Crippen MR) is 115 cm³/mol. The van der Waals surface area contributed by atoms with Crippen LogP contribution in [0.15, 0.2) is 36.7 Å². The van der Waals surface area contributed by atoms with Crippen molar-refractivity contribution < 1.29 is 14.4 Å². The largest absolute Gasteiger partial charge is 0.492 e. The standard InChI is InChI=1S/C22H28N6O2/c1-4-30-21-8-6-5-7-19(21)27-11-9-26(10-12-27)14-20(29)18-13-16(2)28(17(18)3)22-23-15-24-25-22/h5-8,13,15H,4,9-12,14H2,1-3H3,(H,23,24,25)/p+1. The summed E-state index contributed by atoms with van der Waals surface area (Å²) in [6, 6.07) is 10.1. The van der Waals surface area contributed by atoms with Crippen LogP contribution in [0.5, 0.6) is 5.75 Å². The molecular formula is C22H29N6O2+. The number of para-hydroxylation sites is 2. The molecule has 2 aromatic heterocycles. The van der Waals surface area contributed by atoms with Crippen LogP contribution in [0.1, 0.15) is 28.7 Å². The van der Waals surface area contributed by atoms with Gasteiger partial charge in [-0.1, -0.05) is 12.1 Å². The van der Waals surface area contributed by atoms with E-state index in [4.69, 9.17) is 4.74 Å². The molecule has 1 saturated heterocycles. The van der Waals surface area contributed by atoms with Gasteiger partial charge in [0.2, 0.25) is 11.7 Å². The van der Waals surface area contributed by atoms with Crippen molar-refractivity contribution in [3.05, 3.63) is 53.6 Å². The van der Waals surface area contributed by atoms with E-state index in [1.807, 2.05) is 49.6 Å². The molecule has 1 fully saturated rings. The molecule has 3 aromatic rings. The first-order valence-corrected chi connectivity index (χ1v) is 10.5. The molecule has 0 aliphatic carbocycles. The summed E-state index contributed by atoms with van der Waals surface area (Å²) in [5.41, 5.74) is 3.78. The van der Waals surface area contributed by atoms with E-state index < -0.39 is 0 Å². The second-order valence-corrected chi connectivity index (χ2v) is 7.67. The van der Waals surface area contributed by atoms with Crippen LogP contribution >= 0.6 is 0 Å². The van der Waals surface area contributed by atoms with E-state index in [-0.39, 0.29) is 5.78 Å². The van der Waals surface area contributed by atoms with Crippen LogP contribution in [-0.2, 0) is 0 Å². The summed E-state index contributed by atoms with van der Waals surface area (Å²) < 4.78 is 7.72. The van der Waals surface area contributed by atoms with Crippen molar-refractivity contribution in [2.24, 2.45) is 0 Å². The van der Waals surface area contributed by atoms with E-state index in [1.165, 1.54) is 11.2 Å². The number of carbonyl (C=O) groups is 1. The minimum atomic E-state index is 0.173. The van der Waals surface area contributed by atoms with Crippen LogP contribution < -0.4 is 14.5 Å². The number of ether oxygens (including phenoxy) is 1. The van der Waals surface area contributed by atoms with Gasteiger partial charge in [0.1, 0.15) is 18.6 Å². The fraction of sp³-hybridized carbons (Fsp3) is 0.409. The smallest absolute Gasteiger partial charge is 0.229 e. The molecule has 0 bridgehead atoms. The number of H-pyrrole nitrogens is 1. The van der Waals surface area contributed by atoms with E-state index in [0.717, 1.165) is 54.6 Å². The summed E-state index contributed by atoms with van der Waals surface area (Å²) in [7, 11) is 0. The highest BCUT2D eigenvalue weighted by Crippen LogP contribution is 2.27. The first-order chi connectivity index (χ1) is 14.6. The first-order valence-electron chi connectivity index (χ1n) is 10.5. The summed E-state index contributed by atoms with van der Waals surface area (Å²) in [5.74, 6) is 1.74. The van der Waals surface area contributed by atoms with Crippen molar-refractivity contribution in [3.63, 3.8) is 0 Å². The number of aryl methyl sites for hydroxylation is 1. The number of aromatic amines is 1. The number of hydrogen-bond acceptors (Lipinski definition) is 5. The molecule has 4 rings (SSSR count). The molecule has 0 spiro atoms. The lowest BCUT2D eigenvalue weighted by molar-refractivity contribution is -0.892. The highest BCUT2D eigenvalue weighted by atomic mass is 16.5. The Hall–Kier alpha value is -3.13. The highest BCUT2D eigenvalue weighted by Gasteiger charge is 2.26. The van der Waals surface area contributed by atoms with Crippen molar-refractivity contribution in [2.75, 3.05) is 44.2 Å². The number of carbonyl (C=O) groups excluding carboxylic acids is 1. The van der Waals surface area contributed by atoms with E-state index in [9.17, 15) is 4.79 Å². The number of nitrogens with zero attached hydrogens (tertiary/aromatic N) is 4. The maximum absolute atomic E-state index is 13.0. The molecule has 1 aliphatic rings. The van der Waals surface area contributed by atoms with Gasteiger partial charge in [0.15, 0.2) is 0 Å². The zero-order valence-electron chi connectivity index (χ0n) is 17.8. The summed E-state index contributed by atoms with van der Waals surface area (Å²) in [4.78, 5) is 20.9. The Kier molecular flexibility index (Phi) is 5.85. The lowest BCUT2D eigenvalue weighted by Gasteiger charge is -2.34. The fourth-order valence-corrected chi connectivity index (χ4v) is 4.24. The van der Waals surface area contributed by atoms with Crippen molar-refractivity contribution >= 4 is 11.5 Å². The number of Topliss-reactive ketones (excluding diaryl/α,β-unsaturated/α-hetero) is 1. The number of piperazine rings is 1. The summed E-state index contributed by atoms with van der Waals surface area (Å²) >= 11 is 0. The second-order valence-electron chi connectivity index (χ2n) is 7.67. The summed E-state index contributed by atoms with van der Waals surface area (Å²) in [6.07, 6.45) is 1.48. The van der Waals surface area contributed by atoms with Gasteiger partial charge >= 0.3 is 0 Å². The van der Waals surface area contributed by atoms with Gasteiger partial charge in [-0.3, -0.25) is 9.36 Å². The first kappa shape index (κ1) is 20.2. The number of quaternary nitrogens is 1. The predicted octanol–water partition coefficient (Wildman–Crippen LogP) is 1.20. The Balaban J connectivity index is 1.40. The third-order valence-corrected chi connectivity index (χ3v) is 5.73. The maximum atomic E-state index is 13.0. The van der Waals surface area contributed by atoms with Gasteiger partial charge in [0.05, 0.1) is 38.5 Å². The molecule has 0 amide bonds. The molecule has 30 heavy (non-hydrogen) atoms. The lowest BCUT2D eigenvalue weighted by atomic mass is 10.1. The van der Waals surface area contributed by atoms with Crippen molar-refractivity contribution in [1.29, 1.82) is 0 Å². The van der Waals surface area contributed by atoms with Crippen LogP contribution in [-0.4, -0.2) is 64.9 Å². The van der Waals surface area contributed by atoms with Crippen LogP contribution in [0.25, 0.3) is 5.95 Å². The van der Waals surface area contributed by atoms with Crippen LogP contribution in [0.4, 0.5) is 5.69 Å². The Labute approximate surface area is 176 Å². The quantitative estimate of drug-likeness (QED) is 0.573. The number of anilines is 1. The number of rotatable bonds is 7. The van der Waals surface area contributed by atoms with Crippen molar-refractivity contribution in [1.82, 2.24) is 19.7 Å². The monoisotopic (exact) mass is 409 g/mol. The number of nitrogens with one attached hydrogen (secondary N) is 2. The molecular weight excluding hydrogens is 380 g/mol. The van der Waals surface area contributed by atoms with Gasteiger partial charge in [0, 0.05) is 17.0 Å². The average molecular weight is 410 g/mol. The number of aromatic nitrogens is 4. The minimum Gasteiger partial charge on any atom is -0.492 e. The van der Waals surface area contributed by atoms with E-state index >= 15 is 0 Å². The molecule has 8 nitrogen and oxygen atoms in total. The van der Waals surface area contributed by atoms with Crippen LogP contribution in [0.3, 0.4) is 0 Å². The zero-order valence-corrected chi connectivity index (χ0v) is 17.8. The molecule has 2 N–H and O–H groups in total. The Morgan fingerprint density at radius 2 is 2.00 bits per heavy atom. The number of hydrogen-bond donors (Lipinski definition) is 2. The number of ketones is 1. The van der Waals surface area contributed by atoms with Gasteiger partial charge in [-0.15, -0.1) is 0 Å². The van der Waals surface area contributed by atoms with Gasteiger partial charge in [-0.2, -0.15) is 10.1 Å². The number of benzene rings is 1. The molecule has 1 aliphatic heterocycles. The average Bonchev–Trinajstić information content (AvgIpc) is 3.37. The molecule has 0 saturated carbocycles. The molecule has 158 valence electrons. The minimum absolute atomic E-state index is 0.173. The SMILES string of the molecule is CCOc1ccccc1N1CC[NH+](CC(=O)c2cc(C)n(-c3ncn[nH]3)c2C)CC1. The highest BCUT2D eigenvalue weighted by molar-refractivity contribution is 5.98. The Morgan fingerprint density at radius 3 is 2.70 bits per heavy atom. The Bertz CT molecular complexity index is 1000. The molecule has 3 heterocycles. The van der Waals surface area contributed by atoms with Gasteiger partial charge < -0.3 is 14.5 Å². The normalized spacial score (nSPS) is 14.8. The Morgan fingerprint density at radius 1 is 1.23 bits per heavy atom. The molecule has 0 atom stereocenters. The van der Waals surface area contributed by atoms with Gasteiger partial charge in [-0.05, 0) is 39.0 Å². The van der Waals surface area contributed by atoms with E-state index in [1.54, 1.807) is 0 Å². The van der Waals surface area contributed by atoms with Crippen LogP contribution in [0.2, 0.25) is 0 Å².